The van der Waals surface area contributed by atoms with Crippen molar-refractivity contribution in [3.63, 3.8) is 0 Å². The second kappa shape index (κ2) is 6.35. The van der Waals surface area contributed by atoms with E-state index in [1.165, 1.54) is 18.2 Å². The van der Waals surface area contributed by atoms with Crippen LogP contribution in [0.4, 0.5) is 5.69 Å². The number of hydrogen-bond donors (Lipinski definition) is 1. The summed E-state index contributed by atoms with van der Waals surface area (Å²) in [6.07, 6.45) is 0. The molecule has 0 heterocycles. The van der Waals surface area contributed by atoms with Gasteiger partial charge in [0.2, 0.25) is 0 Å². The Morgan fingerprint density at radius 1 is 1.44 bits per heavy atom. The molecule has 18 heavy (non-hydrogen) atoms. The Morgan fingerprint density at radius 2 is 2.06 bits per heavy atom. The zero-order chi connectivity index (χ0) is 13.7. The normalized spacial score (nSPS) is 12.2. The van der Waals surface area contributed by atoms with Gasteiger partial charge in [-0.2, -0.15) is 0 Å². The van der Waals surface area contributed by atoms with E-state index in [1.54, 1.807) is 6.07 Å². The summed E-state index contributed by atoms with van der Waals surface area (Å²) in [5.74, 6) is -0.258. The number of carbonyl (C=O) groups excluding carboxylic acids is 1. The average Bonchev–Trinajstić information content (AvgIpc) is 2.35. The van der Waals surface area contributed by atoms with E-state index >= 15 is 0 Å². The highest BCUT2D eigenvalue weighted by atomic mass is 35.5. The topological polar surface area (TPSA) is 72.2 Å². The number of nitrogens with zero attached hydrogens (tertiary/aromatic N) is 1. The third-order valence-electron chi connectivity index (χ3n) is 2.53. The van der Waals surface area contributed by atoms with E-state index in [1.807, 2.05) is 13.8 Å². The summed E-state index contributed by atoms with van der Waals surface area (Å²) < 4.78 is 0. The maximum atomic E-state index is 11.8. The van der Waals surface area contributed by atoms with Gasteiger partial charge < -0.3 is 5.32 Å². The molecule has 0 radical (unpaired) electrons. The quantitative estimate of drug-likeness (QED) is 0.508. The molecule has 0 aliphatic rings. The van der Waals surface area contributed by atoms with Crippen molar-refractivity contribution in [1.29, 1.82) is 0 Å². The van der Waals surface area contributed by atoms with Gasteiger partial charge in [-0.3, -0.25) is 14.9 Å². The second-order valence-electron chi connectivity index (χ2n) is 4.24. The molecule has 6 heteroatoms. The fourth-order valence-corrected chi connectivity index (χ4v) is 1.42. The Hall–Kier alpha value is -1.62. The molecule has 0 aliphatic heterocycles. The lowest BCUT2D eigenvalue weighted by molar-refractivity contribution is -0.385. The molecule has 1 N–H and O–H groups in total. The highest BCUT2D eigenvalue weighted by molar-refractivity contribution is 6.21. The van der Waals surface area contributed by atoms with Crippen LogP contribution in [0.1, 0.15) is 24.2 Å². The number of nitro benzene ring substituents is 1. The van der Waals surface area contributed by atoms with Crippen molar-refractivity contribution in [2.75, 3.05) is 6.54 Å². The van der Waals surface area contributed by atoms with Crippen molar-refractivity contribution in [2.24, 2.45) is 5.92 Å². The molecule has 5 nitrogen and oxygen atoms in total. The predicted octanol–water partition coefficient (Wildman–Crippen LogP) is 2.59. The minimum Gasteiger partial charge on any atom is -0.350 e. The van der Waals surface area contributed by atoms with Gasteiger partial charge >= 0.3 is 0 Å². The zero-order valence-corrected chi connectivity index (χ0v) is 11.0. The Bertz CT molecular complexity index is 449. The van der Waals surface area contributed by atoms with Crippen molar-refractivity contribution < 1.29 is 9.72 Å². The van der Waals surface area contributed by atoms with Crippen LogP contribution in [0.5, 0.6) is 0 Å². The van der Waals surface area contributed by atoms with E-state index in [4.69, 9.17) is 11.6 Å². The van der Waals surface area contributed by atoms with Crippen LogP contribution in [0.2, 0.25) is 0 Å². The summed E-state index contributed by atoms with van der Waals surface area (Å²) in [5, 5.41) is 13.2. The number of nitrogens with one attached hydrogen (secondary N) is 1. The Balaban J connectivity index is 2.76. The number of hydrogen-bond acceptors (Lipinski definition) is 3. The van der Waals surface area contributed by atoms with Gasteiger partial charge in [0.1, 0.15) is 5.56 Å². The maximum Gasteiger partial charge on any atom is 0.282 e. The van der Waals surface area contributed by atoms with Gasteiger partial charge in [0.25, 0.3) is 11.6 Å². The first kappa shape index (κ1) is 14.4. The molecule has 1 aromatic rings. The maximum absolute atomic E-state index is 11.8. The Morgan fingerprint density at radius 3 is 2.61 bits per heavy atom. The molecule has 0 aromatic heterocycles. The smallest absolute Gasteiger partial charge is 0.282 e. The third kappa shape index (κ3) is 3.70. The molecule has 0 fully saturated rings. The molecule has 0 aliphatic carbocycles. The zero-order valence-electron chi connectivity index (χ0n) is 10.2. The summed E-state index contributed by atoms with van der Waals surface area (Å²) in [7, 11) is 0. The van der Waals surface area contributed by atoms with Crippen LogP contribution in [0, 0.1) is 16.0 Å². The molecule has 1 aromatic carbocycles. The van der Waals surface area contributed by atoms with Crippen LogP contribution in [-0.2, 0) is 0 Å². The van der Waals surface area contributed by atoms with Gasteiger partial charge in [0.15, 0.2) is 0 Å². The number of carbonyl (C=O) groups is 1. The lowest BCUT2D eigenvalue weighted by Crippen LogP contribution is -2.32. The first-order valence-electron chi connectivity index (χ1n) is 5.59. The van der Waals surface area contributed by atoms with Gasteiger partial charge in [-0.05, 0) is 12.0 Å². The number of nitro groups is 1. The van der Waals surface area contributed by atoms with E-state index in [2.05, 4.69) is 5.32 Å². The SMILES string of the molecule is CC(C)C(Cl)CNC(=O)c1ccccc1[N+](=O)[O-]. The first-order chi connectivity index (χ1) is 8.43. The summed E-state index contributed by atoms with van der Waals surface area (Å²) in [4.78, 5) is 22.0. The number of halogens is 1. The van der Waals surface area contributed by atoms with Crippen molar-refractivity contribution >= 4 is 23.2 Å². The number of benzene rings is 1. The molecule has 0 bridgehead atoms. The highest BCUT2D eigenvalue weighted by Gasteiger charge is 2.20. The van der Waals surface area contributed by atoms with Gasteiger partial charge in [-0.15, -0.1) is 11.6 Å². The number of para-hydroxylation sites is 1. The molecule has 0 saturated carbocycles. The summed E-state index contributed by atoms with van der Waals surface area (Å²) in [5.41, 5.74) is -0.152. The van der Waals surface area contributed by atoms with E-state index in [-0.39, 0.29) is 29.1 Å². The van der Waals surface area contributed by atoms with Crippen LogP contribution in [0.25, 0.3) is 0 Å². The van der Waals surface area contributed by atoms with Crippen molar-refractivity contribution in [3.8, 4) is 0 Å². The fraction of sp³-hybridized carbons (Fsp3) is 0.417. The highest BCUT2D eigenvalue weighted by Crippen LogP contribution is 2.17. The first-order valence-corrected chi connectivity index (χ1v) is 6.02. The van der Waals surface area contributed by atoms with Gasteiger partial charge in [0.05, 0.1) is 10.3 Å². The average molecular weight is 271 g/mol. The largest absolute Gasteiger partial charge is 0.350 e. The molecular weight excluding hydrogens is 256 g/mol. The summed E-state index contributed by atoms with van der Waals surface area (Å²) >= 11 is 6.00. The number of alkyl halides is 1. The van der Waals surface area contributed by atoms with Crippen molar-refractivity contribution in [2.45, 2.75) is 19.2 Å². The lowest BCUT2D eigenvalue weighted by Gasteiger charge is -2.13. The van der Waals surface area contributed by atoms with E-state index < -0.39 is 10.8 Å². The number of amides is 1. The van der Waals surface area contributed by atoms with E-state index in [0.29, 0.717) is 0 Å². The predicted molar refractivity (Wildman–Crippen MR) is 69.9 cm³/mol. The molecule has 1 atom stereocenters. The van der Waals surface area contributed by atoms with Crippen LogP contribution in [0.3, 0.4) is 0 Å². The van der Waals surface area contributed by atoms with Crippen LogP contribution in [-0.4, -0.2) is 22.8 Å². The minimum absolute atomic E-state index is 0.0510. The second-order valence-corrected chi connectivity index (χ2v) is 4.80. The summed E-state index contributed by atoms with van der Waals surface area (Å²) in [6.45, 7) is 4.16. The monoisotopic (exact) mass is 270 g/mol. The van der Waals surface area contributed by atoms with Crippen molar-refractivity contribution in [3.05, 3.63) is 39.9 Å². The third-order valence-corrected chi connectivity index (χ3v) is 3.18. The van der Waals surface area contributed by atoms with Gasteiger partial charge in [-0.1, -0.05) is 26.0 Å². The lowest BCUT2D eigenvalue weighted by atomic mass is 10.1. The molecule has 1 amide bonds. The molecule has 1 unspecified atom stereocenters. The molecule has 98 valence electrons. The van der Waals surface area contributed by atoms with Gasteiger partial charge in [0, 0.05) is 12.6 Å². The van der Waals surface area contributed by atoms with Crippen LogP contribution >= 0.6 is 11.6 Å². The molecule has 1 rings (SSSR count). The Kier molecular flexibility index (Phi) is 5.09. The molecular formula is C12H15ClN2O3. The standard InChI is InChI=1S/C12H15ClN2O3/c1-8(2)10(13)7-14-12(16)9-5-3-4-6-11(9)15(17)18/h3-6,8,10H,7H2,1-2H3,(H,14,16). The van der Waals surface area contributed by atoms with Crippen molar-refractivity contribution in [1.82, 2.24) is 5.32 Å². The molecule has 0 spiro atoms. The fourth-order valence-electron chi connectivity index (χ4n) is 1.35. The van der Waals surface area contributed by atoms with E-state index in [9.17, 15) is 14.9 Å². The number of rotatable bonds is 5. The van der Waals surface area contributed by atoms with Crippen LogP contribution < -0.4 is 5.32 Å². The minimum atomic E-state index is -0.574. The molecule has 0 saturated heterocycles. The van der Waals surface area contributed by atoms with Crippen LogP contribution in [0.15, 0.2) is 24.3 Å². The summed E-state index contributed by atoms with van der Waals surface area (Å²) in [6, 6.07) is 5.83. The van der Waals surface area contributed by atoms with E-state index in [0.717, 1.165) is 0 Å². The Labute approximate surface area is 110 Å². The van der Waals surface area contributed by atoms with Gasteiger partial charge in [-0.25, -0.2) is 0 Å².